The van der Waals surface area contributed by atoms with E-state index in [-0.39, 0.29) is 24.0 Å². The molecule has 2 heterocycles. The number of hydrogen-bond donors (Lipinski definition) is 1. The van der Waals surface area contributed by atoms with Gasteiger partial charge in [-0.05, 0) is 48.2 Å². The Morgan fingerprint density at radius 1 is 0.909 bits per heavy atom. The Morgan fingerprint density at radius 2 is 1.45 bits per heavy atom. The molecule has 2 aromatic rings. The van der Waals surface area contributed by atoms with Gasteiger partial charge in [0, 0.05) is 44.8 Å². The minimum absolute atomic E-state index is 0.0211. The van der Waals surface area contributed by atoms with Gasteiger partial charge < -0.3 is 20.4 Å². The predicted molar refractivity (Wildman–Crippen MR) is 119 cm³/mol. The molecule has 2 aromatic carbocycles. The van der Waals surface area contributed by atoms with E-state index in [1.54, 1.807) is 46.0 Å². The van der Waals surface area contributed by atoms with Crippen molar-refractivity contribution in [2.75, 3.05) is 33.2 Å². The Kier molecular flexibility index (Phi) is 6.34. The van der Waals surface area contributed by atoms with Crippen LogP contribution in [0.3, 0.4) is 0 Å². The summed E-state index contributed by atoms with van der Waals surface area (Å²) in [5.41, 5.74) is 7.06. The summed E-state index contributed by atoms with van der Waals surface area (Å²) in [6.07, 6.45) is -2.86. The van der Waals surface area contributed by atoms with Crippen LogP contribution < -0.4 is 5.73 Å². The molecule has 0 aliphatic carbocycles. The Hall–Kier alpha value is -3.07. The van der Waals surface area contributed by atoms with Gasteiger partial charge in [0.2, 0.25) is 0 Å². The summed E-state index contributed by atoms with van der Waals surface area (Å²) in [7, 11) is 1.73. The molecule has 2 fully saturated rings. The van der Waals surface area contributed by atoms with Gasteiger partial charge in [-0.15, -0.1) is 0 Å². The molecule has 9 heteroatoms. The van der Waals surface area contributed by atoms with E-state index < -0.39 is 11.7 Å². The third kappa shape index (κ3) is 4.98. The third-order valence-corrected chi connectivity index (χ3v) is 6.47. The first-order valence-corrected chi connectivity index (χ1v) is 11.0. The highest BCUT2D eigenvalue weighted by Crippen LogP contribution is 2.31. The van der Waals surface area contributed by atoms with Crippen LogP contribution >= 0.6 is 0 Å². The fourth-order valence-corrected chi connectivity index (χ4v) is 4.42. The van der Waals surface area contributed by atoms with Crippen molar-refractivity contribution in [1.29, 1.82) is 0 Å². The van der Waals surface area contributed by atoms with E-state index in [0.717, 1.165) is 24.1 Å². The second kappa shape index (κ2) is 9.05. The van der Waals surface area contributed by atoms with Crippen molar-refractivity contribution in [3.05, 3.63) is 59.7 Å². The molecule has 2 saturated heterocycles. The van der Waals surface area contributed by atoms with Crippen LogP contribution in [0.25, 0.3) is 11.1 Å². The molecule has 6 nitrogen and oxygen atoms in total. The standard InChI is InChI=1S/C24H27F3N4O2/c1-29(21-11-13-31(15-21)23(33)30-12-10-20(28)14-30)22(32)18-4-2-16(3-5-18)17-6-8-19(9-7-17)24(25,26)27/h2-9,20-21H,10-15,28H2,1H3/t20-,21-/m0/s1. The van der Waals surface area contributed by atoms with Gasteiger partial charge in [0.1, 0.15) is 0 Å². The Morgan fingerprint density at radius 3 is 2.00 bits per heavy atom. The van der Waals surface area contributed by atoms with Crippen molar-refractivity contribution in [1.82, 2.24) is 14.7 Å². The summed E-state index contributed by atoms with van der Waals surface area (Å²) in [5.74, 6) is -0.156. The molecule has 0 aromatic heterocycles. The van der Waals surface area contributed by atoms with E-state index in [1.807, 2.05) is 0 Å². The maximum absolute atomic E-state index is 13.0. The van der Waals surface area contributed by atoms with Crippen molar-refractivity contribution in [3.63, 3.8) is 0 Å². The van der Waals surface area contributed by atoms with Gasteiger partial charge in [0.25, 0.3) is 5.91 Å². The molecule has 4 rings (SSSR count). The highest BCUT2D eigenvalue weighted by Gasteiger charge is 2.35. The molecule has 0 saturated carbocycles. The molecule has 0 unspecified atom stereocenters. The number of nitrogens with two attached hydrogens (primary N) is 1. The zero-order valence-electron chi connectivity index (χ0n) is 18.4. The van der Waals surface area contributed by atoms with Crippen LogP contribution in [0.4, 0.5) is 18.0 Å². The van der Waals surface area contributed by atoms with E-state index in [1.165, 1.54) is 12.1 Å². The maximum Gasteiger partial charge on any atom is 0.416 e. The Bertz CT molecular complexity index is 1010. The number of hydrogen-bond acceptors (Lipinski definition) is 3. The number of carbonyl (C=O) groups is 2. The van der Waals surface area contributed by atoms with E-state index in [0.29, 0.717) is 43.7 Å². The van der Waals surface area contributed by atoms with Gasteiger partial charge in [-0.3, -0.25) is 4.79 Å². The Labute approximate surface area is 190 Å². The number of rotatable bonds is 3. The van der Waals surface area contributed by atoms with Crippen molar-refractivity contribution in [2.24, 2.45) is 5.73 Å². The molecule has 0 spiro atoms. The van der Waals surface area contributed by atoms with Crippen molar-refractivity contribution in [3.8, 4) is 11.1 Å². The first-order valence-electron chi connectivity index (χ1n) is 11.0. The van der Waals surface area contributed by atoms with Crippen LogP contribution in [0.1, 0.15) is 28.8 Å². The summed E-state index contributed by atoms with van der Waals surface area (Å²) in [5, 5.41) is 0. The number of carbonyl (C=O) groups excluding carboxylic acids is 2. The second-order valence-electron chi connectivity index (χ2n) is 8.73. The number of halogens is 3. The van der Waals surface area contributed by atoms with E-state index in [2.05, 4.69) is 0 Å². The molecular formula is C24H27F3N4O2. The number of likely N-dealkylation sites (N-methyl/N-ethyl adjacent to an activating group) is 1. The minimum Gasteiger partial charge on any atom is -0.337 e. The maximum atomic E-state index is 13.0. The van der Waals surface area contributed by atoms with Crippen LogP contribution in [0, 0.1) is 0 Å². The zero-order chi connectivity index (χ0) is 23.8. The van der Waals surface area contributed by atoms with E-state index in [9.17, 15) is 22.8 Å². The van der Waals surface area contributed by atoms with Crippen LogP contribution in [-0.4, -0.2) is 71.9 Å². The average molecular weight is 461 g/mol. The molecule has 2 aliphatic rings. The van der Waals surface area contributed by atoms with Gasteiger partial charge in [0.05, 0.1) is 11.6 Å². The largest absolute Gasteiger partial charge is 0.416 e. The van der Waals surface area contributed by atoms with Gasteiger partial charge in [-0.1, -0.05) is 24.3 Å². The SMILES string of the molecule is CN(C(=O)c1ccc(-c2ccc(C(F)(F)F)cc2)cc1)[C@H]1CCN(C(=O)N2CC[C@H](N)C2)C1. The molecule has 0 radical (unpaired) electrons. The first-order chi connectivity index (χ1) is 15.6. The van der Waals surface area contributed by atoms with Gasteiger partial charge in [0.15, 0.2) is 0 Å². The lowest BCUT2D eigenvalue weighted by molar-refractivity contribution is -0.137. The van der Waals surface area contributed by atoms with Crippen LogP contribution in [0.15, 0.2) is 48.5 Å². The smallest absolute Gasteiger partial charge is 0.337 e. The lowest BCUT2D eigenvalue weighted by atomic mass is 10.0. The quantitative estimate of drug-likeness (QED) is 0.760. The monoisotopic (exact) mass is 460 g/mol. The zero-order valence-corrected chi connectivity index (χ0v) is 18.4. The molecular weight excluding hydrogens is 433 g/mol. The third-order valence-electron chi connectivity index (χ3n) is 6.47. The number of amides is 3. The van der Waals surface area contributed by atoms with E-state index >= 15 is 0 Å². The summed E-state index contributed by atoms with van der Waals surface area (Å²) >= 11 is 0. The number of nitrogens with zero attached hydrogens (tertiary/aromatic N) is 3. The van der Waals surface area contributed by atoms with E-state index in [4.69, 9.17) is 5.73 Å². The number of likely N-dealkylation sites (tertiary alicyclic amines) is 2. The fraction of sp³-hybridized carbons (Fsp3) is 0.417. The van der Waals surface area contributed by atoms with Gasteiger partial charge in [-0.25, -0.2) is 4.79 Å². The minimum atomic E-state index is -4.37. The fourth-order valence-electron chi connectivity index (χ4n) is 4.42. The molecule has 2 aliphatic heterocycles. The number of urea groups is 1. The molecule has 33 heavy (non-hydrogen) atoms. The van der Waals surface area contributed by atoms with Crippen molar-refractivity contribution >= 4 is 11.9 Å². The summed E-state index contributed by atoms with van der Waals surface area (Å²) in [6, 6.07) is 11.7. The van der Waals surface area contributed by atoms with Gasteiger partial charge in [-0.2, -0.15) is 13.2 Å². The van der Waals surface area contributed by atoms with Crippen LogP contribution in [-0.2, 0) is 6.18 Å². The highest BCUT2D eigenvalue weighted by atomic mass is 19.4. The molecule has 2 N–H and O–H groups in total. The number of benzene rings is 2. The van der Waals surface area contributed by atoms with Crippen LogP contribution in [0.2, 0.25) is 0 Å². The van der Waals surface area contributed by atoms with Crippen molar-refractivity contribution < 1.29 is 22.8 Å². The lowest BCUT2D eigenvalue weighted by Gasteiger charge is -2.27. The summed E-state index contributed by atoms with van der Waals surface area (Å²) in [4.78, 5) is 30.9. The highest BCUT2D eigenvalue weighted by molar-refractivity contribution is 5.95. The number of alkyl halides is 3. The summed E-state index contributed by atoms with van der Waals surface area (Å²) < 4.78 is 38.3. The molecule has 0 bridgehead atoms. The lowest BCUT2D eigenvalue weighted by Crippen LogP contribution is -2.44. The molecule has 2 atom stereocenters. The molecule has 3 amide bonds. The molecule has 176 valence electrons. The average Bonchev–Trinajstić information content (AvgIpc) is 3.47. The van der Waals surface area contributed by atoms with Crippen molar-refractivity contribution in [2.45, 2.75) is 31.1 Å². The summed E-state index contributed by atoms with van der Waals surface area (Å²) in [6.45, 7) is 2.32. The Balaban J connectivity index is 1.37. The second-order valence-corrected chi connectivity index (χ2v) is 8.73. The first kappa shape index (κ1) is 23.1. The van der Waals surface area contributed by atoms with Crippen LogP contribution in [0.5, 0.6) is 0 Å². The predicted octanol–water partition coefficient (Wildman–Crippen LogP) is 3.67. The topological polar surface area (TPSA) is 69.9 Å². The normalized spacial score (nSPS) is 20.9. The van der Waals surface area contributed by atoms with Gasteiger partial charge >= 0.3 is 12.2 Å².